The van der Waals surface area contributed by atoms with Gasteiger partial charge in [-0.05, 0) is 26.2 Å². The van der Waals surface area contributed by atoms with Crippen LogP contribution in [0.15, 0.2) is 30.3 Å². The summed E-state index contributed by atoms with van der Waals surface area (Å²) in [5.41, 5.74) is 0.465. The molecule has 0 fully saturated rings. The van der Waals surface area contributed by atoms with Crippen LogP contribution in [0.5, 0.6) is 0 Å². The zero-order valence-corrected chi connectivity index (χ0v) is 8.32. The van der Waals surface area contributed by atoms with Gasteiger partial charge in [0.25, 0.3) is 0 Å². The number of rotatable bonds is 2. The summed E-state index contributed by atoms with van der Waals surface area (Å²) in [6, 6.07) is 9.36. The van der Waals surface area contributed by atoms with Crippen LogP contribution in [-0.4, -0.2) is 17.7 Å². The van der Waals surface area contributed by atoms with Crippen LogP contribution in [0.4, 0.5) is 0 Å². The van der Waals surface area contributed by atoms with E-state index in [0.29, 0.717) is 0 Å². The van der Waals surface area contributed by atoms with Crippen LogP contribution in [-0.2, 0) is 4.65 Å². The van der Waals surface area contributed by atoms with Crippen molar-refractivity contribution < 1.29 is 9.68 Å². The molecule has 0 heterocycles. The molecule has 70 valence electrons. The third-order valence-corrected chi connectivity index (χ3v) is 1.55. The molecule has 0 amide bonds. The second-order valence-electron chi connectivity index (χ2n) is 3.99. The van der Waals surface area contributed by atoms with Crippen molar-refractivity contribution in [2.75, 3.05) is 0 Å². The van der Waals surface area contributed by atoms with Gasteiger partial charge in [-0.25, -0.2) is 0 Å². The highest BCUT2D eigenvalue weighted by molar-refractivity contribution is 6.60. The molecule has 0 bridgehead atoms. The first kappa shape index (κ1) is 10.3. The second kappa shape index (κ2) is 3.94. The molecule has 0 unspecified atom stereocenters. The fourth-order valence-electron chi connectivity index (χ4n) is 1.02. The summed E-state index contributed by atoms with van der Waals surface area (Å²) in [6.07, 6.45) is 0. The highest BCUT2D eigenvalue weighted by atomic mass is 16.5. The van der Waals surface area contributed by atoms with Gasteiger partial charge in [-0.2, -0.15) is 0 Å². The van der Waals surface area contributed by atoms with Crippen LogP contribution in [0, 0.1) is 0 Å². The molecule has 0 radical (unpaired) electrons. The van der Waals surface area contributed by atoms with E-state index in [0.717, 1.165) is 5.46 Å². The number of hydrogen-bond acceptors (Lipinski definition) is 2. The third kappa shape index (κ3) is 3.62. The molecule has 0 aliphatic rings. The normalized spacial score (nSPS) is 11.4. The fourth-order valence-corrected chi connectivity index (χ4v) is 1.02. The van der Waals surface area contributed by atoms with Crippen LogP contribution in [0.2, 0.25) is 0 Å². The molecule has 0 spiro atoms. The van der Waals surface area contributed by atoms with Crippen molar-refractivity contribution in [3.63, 3.8) is 0 Å². The van der Waals surface area contributed by atoms with Crippen molar-refractivity contribution in [3.05, 3.63) is 30.3 Å². The van der Waals surface area contributed by atoms with Crippen LogP contribution >= 0.6 is 0 Å². The summed E-state index contributed by atoms with van der Waals surface area (Å²) in [5.74, 6) is 0. The average molecular weight is 178 g/mol. The zero-order valence-electron chi connectivity index (χ0n) is 8.32. The van der Waals surface area contributed by atoms with Crippen molar-refractivity contribution in [3.8, 4) is 0 Å². The maximum atomic E-state index is 9.63. The summed E-state index contributed by atoms with van der Waals surface area (Å²) in [4.78, 5) is 0. The van der Waals surface area contributed by atoms with Gasteiger partial charge in [0, 0.05) is 5.60 Å². The van der Waals surface area contributed by atoms with Crippen molar-refractivity contribution >= 4 is 12.6 Å². The molecule has 0 aromatic heterocycles. The third-order valence-electron chi connectivity index (χ3n) is 1.55. The Morgan fingerprint density at radius 2 is 1.69 bits per heavy atom. The van der Waals surface area contributed by atoms with Gasteiger partial charge >= 0.3 is 7.12 Å². The summed E-state index contributed by atoms with van der Waals surface area (Å²) >= 11 is 0. The Balaban J connectivity index is 2.64. The first-order valence-electron chi connectivity index (χ1n) is 4.40. The van der Waals surface area contributed by atoms with E-state index in [2.05, 4.69) is 0 Å². The van der Waals surface area contributed by atoms with E-state index in [1.165, 1.54) is 0 Å². The lowest BCUT2D eigenvalue weighted by Gasteiger charge is -2.22. The molecular formula is C10H15BO2. The smallest absolute Gasteiger partial charge is 0.423 e. The molecule has 0 aliphatic heterocycles. The number of hydrogen-bond donors (Lipinski definition) is 1. The van der Waals surface area contributed by atoms with E-state index in [-0.39, 0.29) is 5.60 Å². The Bertz CT molecular complexity index is 253. The quantitative estimate of drug-likeness (QED) is 0.689. The predicted molar refractivity (Wildman–Crippen MR) is 54.9 cm³/mol. The minimum absolute atomic E-state index is 0.324. The van der Waals surface area contributed by atoms with Gasteiger partial charge < -0.3 is 9.68 Å². The molecule has 1 rings (SSSR count). The molecule has 1 aromatic carbocycles. The van der Waals surface area contributed by atoms with E-state index in [4.69, 9.17) is 4.65 Å². The molecule has 0 saturated carbocycles. The first-order chi connectivity index (χ1) is 5.99. The average Bonchev–Trinajstić information content (AvgIpc) is 2.03. The molecular weight excluding hydrogens is 163 g/mol. The minimum atomic E-state index is -0.832. The Kier molecular flexibility index (Phi) is 3.12. The van der Waals surface area contributed by atoms with E-state index < -0.39 is 7.12 Å². The molecule has 1 aromatic rings. The zero-order chi connectivity index (χ0) is 9.90. The van der Waals surface area contributed by atoms with Gasteiger partial charge in [-0.15, -0.1) is 0 Å². The monoisotopic (exact) mass is 178 g/mol. The Hall–Kier alpha value is -0.795. The summed E-state index contributed by atoms with van der Waals surface area (Å²) in [5, 5.41) is 9.63. The highest BCUT2D eigenvalue weighted by Crippen LogP contribution is 2.07. The van der Waals surface area contributed by atoms with Gasteiger partial charge in [-0.1, -0.05) is 30.3 Å². The molecule has 3 heteroatoms. The van der Waals surface area contributed by atoms with Crippen LogP contribution in [0.1, 0.15) is 20.8 Å². The molecule has 0 atom stereocenters. The van der Waals surface area contributed by atoms with Crippen molar-refractivity contribution in [1.82, 2.24) is 0 Å². The standard InChI is InChI=1S/C10H15BO2/c1-10(2,3)13-11(12)9-7-5-4-6-8-9/h4-8,12H,1-3H3. The lowest BCUT2D eigenvalue weighted by molar-refractivity contribution is 0.107. The van der Waals surface area contributed by atoms with Crippen LogP contribution < -0.4 is 5.46 Å². The molecule has 1 N–H and O–H groups in total. The number of benzene rings is 1. The lowest BCUT2D eigenvalue weighted by atomic mass is 9.79. The van der Waals surface area contributed by atoms with Crippen molar-refractivity contribution in [2.24, 2.45) is 0 Å². The molecule has 2 nitrogen and oxygen atoms in total. The SMILES string of the molecule is CC(C)(C)OB(O)c1ccccc1. The van der Waals surface area contributed by atoms with Gasteiger partial charge in [0.15, 0.2) is 0 Å². The summed E-state index contributed by atoms with van der Waals surface area (Å²) in [6.45, 7) is 5.75. The molecule has 13 heavy (non-hydrogen) atoms. The van der Waals surface area contributed by atoms with E-state index in [9.17, 15) is 5.02 Å². The topological polar surface area (TPSA) is 29.5 Å². The highest BCUT2D eigenvalue weighted by Gasteiger charge is 2.23. The maximum absolute atomic E-state index is 9.63. The van der Waals surface area contributed by atoms with Gasteiger partial charge in [0.05, 0.1) is 0 Å². The molecule has 0 saturated heterocycles. The maximum Gasteiger partial charge on any atom is 0.491 e. The Morgan fingerprint density at radius 1 is 1.15 bits per heavy atom. The predicted octanol–water partition coefficient (Wildman–Crippen LogP) is 1.19. The van der Waals surface area contributed by atoms with Crippen molar-refractivity contribution in [1.29, 1.82) is 0 Å². The minimum Gasteiger partial charge on any atom is -0.423 e. The molecule has 0 aliphatic carbocycles. The Morgan fingerprint density at radius 3 is 2.15 bits per heavy atom. The van der Waals surface area contributed by atoms with E-state index in [1.54, 1.807) is 0 Å². The van der Waals surface area contributed by atoms with Crippen molar-refractivity contribution in [2.45, 2.75) is 26.4 Å². The van der Waals surface area contributed by atoms with Gasteiger partial charge in [0.1, 0.15) is 0 Å². The van der Waals surface area contributed by atoms with Gasteiger partial charge in [-0.3, -0.25) is 0 Å². The second-order valence-corrected chi connectivity index (χ2v) is 3.99. The summed E-state index contributed by atoms with van der Waals surface area (Å²) < 4.78 is 5.38. The van der Waals surface area contributed by atoms with E-state index in [1.807, 2.05) is 51.1 Å². The van der Waals surface area contributed by atoms with Crippen LogP contribution in [0.3, 0.4) is 0 Å². The Labute approximate surface area is 79.7 Å². The lowest BCUT2D eigenvalue weighted by Crippen LogP contribution is -2.40. The summed E-state index contributed by atoms with van der Waals surface area (Å²) in [7, 11) is -0.832. The fraction of sp³-hybridized carbons (Fsp3) is 0.400. The largest absolute Gasteiger partial charge is 0.491 e. The van der Waals surface area contributed by atoms with Gasteiger partial charge in [0.2, 0.25) is 0 Å². The van der Waals surface area contributed by atoms with E-state index >= 15 is 0 Å². The first-order valence-corrected chi connectivity index (χ1v) is 4.40. The van der Waals surface area contributed by atoms with Crippen LogP contribution in [0.25, 0.3) is 0 Å².